The minimum absolute atomic E-state index is 0.0822. The predicted molar refractivity (Wildman–Crippen MR) is 85.5 cm³/mol. The first kappa shape index (κ1) is 15.7. The predicted octanol–water partition coefficient (Wildman–Crippen LogP) is 3.20. The summed E-state index contributed by atoms with van der Waals surface area (Å²) in [5, 5.41) is 3.55. The van der Waals surface area contributed by atoms with Gasteiger partial charge in [0.1, 0.15) is 5.82 Å². The molecule has 0 spiro atoms. The van der Waals surface area contributed by atoms with Crippen molar-refractivity contribution in [1.82, 2.24) is 4.90 Å². The first-order chi connectivity index (χ1) is 9.58. The third-order valence-electron chi connectivity index (χ3n) is 4.20. The van der Waals surface area contributed by atoms with E-state index in [9.17, 15) is 4.39 Å². The van der Waals surface area contributed by atoms with Gasteiger partial charge in [-0.15, -0.1) is 0 Å². The van der Waals surface area contributed by atoms with Gasteiger partial charge < -0.3 is 16.0 Å². The van der Waals surface area contributed by atoms with E-state index in [0.717, 1.165) is 44.6 Å². The lowest BCUT2D eigenvalue weighted by Gasteiger charge is -2.34. The SMILES string of the molecule is CCN1CCCC(CN)(Nc2ccc(F)c(Br)c2)CC1. The molecule has 3 nitrogen and oxygen atoms in total. The maximum atomic E-state index is 13.3. The molecule has 5 heteroatoms. The van der Waals surface area contributed by atoms with E-state index in [1.165, 1.54) is 6.07 Å². The molecular formula is C15H23BrFN3. The van der Waals surface area contributed by atoms with E-state index in [-0.39, 0.29) is 11.4 Å². The van der Waals surface area contributed by atoms with Gasteiger partial charge in [0, 0.05) is 18.8 Å². The maximum absolute atomic E-state index is 13.3. The van der Waals surface area contributed by atoms with Gasteiger partial charge in [0.25, 0.3) is 0 Å². The Balaban J connectivity index is 2.12. The van der Waals surface area contributed by atoms with Crippen molar-refractivity contribution in [1.29, 1.82) is 0 Å². The summed E-state index contributed by atoms with van der Waals surface area (Å²) in [6, 6.07) is 5.04. The highest BCUT2D eigenvalue weighted by Crippen LogP contribution is 2.28. The number of nitrogens with zero attached hydrogens (tertiary/aromatic N) is 1. The lowest BCUT2D eigenvalue weighted by atomic mass is 9.90. The number of likely N-dealkylation sites (tertiary alicyclic amines) is 1. The molecule has 112 valence electrons. The fourth-order valence-corrected chi connectivity index (χ4v) is 3.21. The number of rotatable bonds is 4. The third kappa shape index (κ3) is 3.71. The van der Waals surface area contributed by atoms with Gasteiger partial charge in [0.15, 0.2) is 0 Å². The van der Waals surface area contributed by atoms with Gasteiger partial charge in [-0.3, -0.25) is 0 Å². The Labute approximate surface area is 128 Å². The fourth-order valence-electron chi connectivity index (χ4n) is 2.83. The van der Waals surface area contributed by atoms with Gasteiger partial charge >= 0.3 is 0 Å². The first-order valence-corrected chi connectivity index (χ1v) is 8.03. The standard InChI is InChI=1S/C15H23BrFN3/c1-2-20-8-3-6-15(11-18,7-9-20)19-12-4-5-14(17)13(16)10-12/h4-5,10,19H,2-3,6-9,11,18H2,1H3. The highest BCUT2D eigenvalue weighted by Gasteiger charge is 2.31. The summed E-state index contributed by atoms with van der Waals surface area (Å²) in [4.78, 5) is 2.46. The molecule has 1 aromatic carbocycles. The normalized spacial score (nSPS) is 24.4. The smallest absolute Gasteiger partial charge is 0.137 e. The van der Waals surface area contributed by atoms with Crippen LogP contribution in [-0.2, 0) is 0 Å². The minimum atomic E-state index is -0.240. The van der Waals surface area contributed by atoms with E-state index in [0.29, 0.717) is 11.0 Å². The first-order valence-electron chi connectivity index (χ1n) is 7.24. The fraction of sp³-hybridized carbons (Fsp3) is 0.600. The molecule has 1 aliphatic rings. The van der Waals surface area contributed by atoms with Gasteiger partial charge in [-0.1, -0.05) is 6.92 Å². The van der Waals surface area contributed by atoms with Crippen LogP contribution in [0.2, 0.25) is 0 Å². The Morgan fingerprint density at radius 1 is 1.40 bits per heavy atom. The van der Waals surface area contributed by atoms with Crippen molar-refractivity contribution in [2.45, 2.75) is 31.7 Å². The Hall–Kier alpha value is -0.650. The van der Waals surface area contributed by atoms with Crippen molar-refractivity contribution >= 4 is 21.6 Å². The van der Waals surface area contributed by atoms with Crippen molar-refractivity contribution in [2.24, 2.45) is 5.73 Å². The van der Waals surface area contributed by atoms with Crippen LogP contribution < -0.4 is 11.1 Å². The molecule has 1 atom stereocenters. The van der Waals surface area contributed by atoms with Crippen molar-refractivity contribution in [2.75, 3.05) is 31.5 Å². The monoisotopic (exact) mass is 343 g/mol. The quantitative estimate of drug-likeness (QED) is 0.881. The Bertz CT molecular complexity index is 455. The zero-order chi connectivity index (χ0) is 14.6. The summed E-state index contributed by atoms with van der Waals surface area (Å²) in [6.45, 7) is 6.07. The van der Waals surface area contributed by atoms with Crippen LogP contribution in [-0.4, -0.2) is 36.6 Å². The molecule has 3 N–H and O–H groups in total. The molecule has 0 amide bonds. The Kier molecular flexibility index (Phi) is 5.41. The molecule has 1 unspecified atom stereocenters. The van der Waals surface area contributed by atoms with E-state index < -0.39 is 0 Å². The molecular weight excluding hydrogens is 321 g/mol. The topological polar surface area (TPSA) is 41.3 Å². The Morgan fingerprint density at radius 2 is 2.20 bits per heavy atom. The highest BCUT2D eigenvalue weighted by atomic mass is 79.9. The van der Waals surface area contributed by atoms with Crippen molar-refractivity contribution < 1.29 is 4.39 Å². The molecule has 0 radical (unpaired) electrons. The molecule has 1 saturated heterocycles. The Morgan fingerprint density at radius 3 is 2.85 bits per heavy atom. The van der Waals surface area contributed by atoms with Crippen LogP contribution in [0.5, 0.6) is 0 Å². The van der Waals surface area contributed by atoms with E-state index >= 15 is 0 Å². The number of hydrogen-bond acceptors (Lipinski definition) is 3. The van der Waals surface area contributed by atoms with E-state index in [2.05, 4.69) is 33.1 Å². The van der Waals surface area contributed by atoms with Crippen LogP contribution in [0.1, 0.15) is 26.2 Å². The highest BCUT2D eigenvalue weighted by molar-refractivity contribution is 9.10. The summed E-state index contributed by atoms with van der Waals surface area (Å²) in [5.41, 5.74) is 6.89. The molecule has 2 rings (SSSR count). The molecule has 0 aromatic heterocycles. The van der Waals surface area contributed by atoms with Crippen LogP contribution in [0, 0.1) is 5.82 Å². The van der Waals surface area contributed by atoms with Crippen LogP contribution in [0.15, 0.2) is 22.7 Å². The van der Waals surface area contributed by atoms with E-state index in [1.54, 1.807) is 12.1 Å². The molecule has 20 heavy (non-hydrogen) atoms. The number of benzene rings is 1. The molecule has 0 bridgehead atoms. The van der Waals surface area contributed by atoms with Gasteiger partial charge in [-0.05, 0) is 66.5 Å². The average molecular weight is 344 g/mol. The van der Waals surface area contributed by atoms with E-state index in [4.69, 9.17) is 5.73 Å². The number of anilines is 1. The second-order valence-corrected chi connectivity index (χ2v) is 6.38. The number of nitrogens with two attached hydrogens (primary N) is 1. The van der Waals surface area contributed by atoms with Gasteiger partial charge in [0.2, 0.25) is 0 Å². The number of hydrogen-bond donors (Lipinski definition) is 2. The minimum Gasteiger partial charge on any atom is -0.378 e. The lowest BCUT2D eigenvalue weighted by molar-refractivity contribution is 0.293. The number of nitrogens with one attached hydrogen (secondary N) is 1. The van der Waals surface area contributed by atoms with Gasteiger partial charge in [-0.2, -0.15) is 0 Å². The molecule has 1 fully saturated rings. The molecule has 1 aromatic rings. The summed E-state index contributed by atoms with van der Waals surface area (Å²) in [6.07, 6.45) is 3.21. The third-order valence-corrected chi connectivity index (χ3v) is 4.81. The lowest BCUT2D eigenvalue weighted by Crippen LogP contribution is -2.46. The molecule has 0 aliphatic carbocycles. The zero-order valence-electron chi connectivity index (χ0n) is 12.0. The zero-order valence-corrected chi connectivity index (χ0v) is 13.5. The van der Waals surface area contributed by atoms with E-state index in [1.807, 2.05) is 0 Å². The van der Waals surface area contributed by atoms with Crippen LogP contribution in [0.4, 0.5) is 10.1 Å². The van der Waals surface area contributed by atoms with Crippen LogP contribution in [0.25, 0.3) is 0 Å². The second-order valence-electron chi connectivity index (χ2n) is 5.53. The van der Waals surface area contributed by atoms with Gasteiger partial charge in [-0.25, -0.2) is 4.39 Å². The number of halogens is 2. The maximum Gasteiger partial charge on any atom is 0.137 e. The van der Waals surface area contributed by atoms with Crippen molar-refractivity contribution in [3.8, 4) is 0 Å². The average Bonchev–Trinajstić information content (AvgIpc) is 2.66. The summed E-state index contributed by atoms with van der Waals surface area (Å²) < 4.78 is 13.8. The summed E-state index contributed by atoms with van der Waals surface area (Å²) in [5.74, 6) is -0.240. The molecule has 1 heterocycles. The summed E-state index contributed by atoms with van der Waals surface area (Å²) in [7, 11) is 0. The largest absolute Gasteiger partial charge is 0.378 e. The molecule has 1 aliphatic heterocycles. The van der Waals surface area contributed by atoms with Crippen LogP contribution in [0.3, 0.4) is 0 Å². The van der Waals surface area contributed by atoms with Crippen molar-refractivity contribution in [3.63, 3.8) is 0 Å². The molecule has 0 saturated carbocycles. The van der Waals surface area contributed by atoms with Crippen molar-refractivity contribution in [3.05, 3.63) is 28.5 Å². The van der Waals surface area contributed by atoms with Crippen LogP contribution >= 0.6 is 15.9 Å². The van der Waals surface area contributed by atoms with Gasteiger partial charge in [0.05, 0.1) is 10.0 Å². The second kappa shape index (κ2) is 6.87. The summed E-state index contributed by atoms with van der Waals surface area (Å²) >= 11 is 3.23.